The van der Waals surface area contributed by atoms with Gasteiger partial charge in [-0.2, -0.15) is 0 Å². The van der Waals surface area contributed by atoms with E-state index in [1.165, 1.54) is 0 Å². The Labute approximate surface area is 131 Å². The summed E-state index contributed by atoms with van der Waals surface area (Å²) >= 11 is 0. The van der Waals surface area contributed by atoms with Crippen LogP contribution in [0.1, 0.15) is 36.7 Å². The second-order valence-electron chi connectivity index (χ2n) is 5.96. The molecule has 0 aliphatic carbocycles. The van der Waals surface area contributed by atoms with Gasteiger partial charge in [-0.15, -0.1) is 12.4 Å². The van der Waals surface area contributed by atoms with Crippen LogP contribution in [-0.2, 0) is 11.3 Å². The van der Waals surface area contributed by atoms with Crippen LogP contribution in [0.5, 0.6) is 5.75 Å². The Hall–Kier alpha value is -1.30. The van der Waals surface area contributed by atoms with Gasteiger partial charge in [0.2, 0.25) is 0 Å². The average molecular weight is 316 g/mol. The number of aliphatic hydroxyl groups excluding tert-OH is 1. The highest BCUT2D eigenvalue weighted by atomic mass is 35.5. The Morgan fingerprint density at radius 2 is 2.14 bits per heavy atom. The number of cyclic esters (lactones) is 1. The molecule has 0 spiro atoms. The van der Waals surface area contributed by atoms with Gasteiger partial charge in [-0.1, -0.05) is 12.1 Å². The third-order valence-corrected chi connectivity index (χ3v) is 2.97. The van der Waals surface area contributed by atoms with Crippen molar-refractivity contribution in [3.63, 3.8) is 0 Å². The molecule has 0 amide bonds. The lowest BCUT2D eigenvalue weighted by Crippen LogP contribution is -2.42. The molecule has 0 fully saturated rings. The van der Waals surface area contributed by atoms with Crippen molar-refractivity contribution in [2.45, 2.75) is 39.0 Å². The molecule has 1 heterocycles. The van der Waals surface area contributed by atoms with Crippen LogP contribution in [0.25, 0.3) is 0 Å². The second kappa shape index (κ2) is 7.11. The fourth-order valence-electron chi connectivity index (χ4n) is 1.93. The van der Waals surface area contributed by atoms with E-state index in [0.29, 0.717) is 24.5 Å². The first-order valence-electron chi connectivity index (χ1n) is 6.72. The molecule has 0 radical (unpaired) electrons. The van der Waals surface area contributed by atoms with Gasteiger partial charge in [-0.25, -0.2) is 4.79 Å². The van der Waals surface area contributed by atoms with E-state index in [2.05, 4.69) is 5.32 Å². The van der Waals surface area contributed by atoms with Gasteiger partial charge in [0.25, 0.3) is 0 Å². The Morgan fingerprint density at radius 3 is 2.81 bits per heavy atom. The minimum atomic E-state index is -0.637. The third-order valence-electron chi connectivity index (χ3n) is 2.97. The van der Waals surface area contributed by atoms with Crippen molar-refractivity contribution in [2.75, 3.05) is 13.2 Å². The number of esters is 1. The van der Waals surface area contributed by atoms with Crippen LogP contribution >= 0.6 is 12.4 Å². The quantitative estimate of drug-likeness (QED) is 0.812. The lowest BCUT2D eigenvalue weighted by molar-refractivity contribution is 0.0528. The summed E-state index contributed by atoms with van der Waals surface area (Å²) in [5, 5.41) is 13.1. The van der Waals surface area contributed by atoms with Crippen molar-refractivity contribution in [1.82, 2.24) is 5.32 Å². The summed E-state index contributed by atoms with van der Waals surface area (Å²) < 4.78 is 10.5. The van der Waals surface area contributed by atoms with Gasteiger partial charge in [-0.05, 0) is 26.8 Å². The first kappa shape index (κ1) is 17.8. The van der Waals surface area contributed by atoms with E-state index in [9.17, 15) is 9.90 Å². The maximum atomic E-state index is 11.6. The van der Waals surface area contributed by atoms with Crippen LogP contribution in [-0.4, -0.2) is 35.9 Å². The predicted octanol–water partition coefficient (Wildman–Crippen LogP) is 1.91. The molecular formula is C15H22ClNO4. The normalized spacial score (nSPS) is 15.0. The van der Waals surface area contributed by atoms with Gasteiger partial charge in [0.1, 0.15) is 30.6 Å². The molecule has 2 N–H and O–H groups in total. The molecule has 0 saturated carbocycles. The highest BCUT2D eigenvalue weighted by Crippen LogP contribution is 2.29. The molecule has 1 atom stereocenters. The number of carbonyl (C=O) groups excluding carboxylic acids is 1. The molecule has 1 aromatic carbocycles. The minimum absolute atomic E-state index is 0. The van der Waals surface area contributed by atoms with Crippen LogP contribution in [0.3, 0.4) is 0 Å². The fraction of sp³-hybridized carbons (Fsp3) is 0.533. The topological polar surface area (TPSA) is 67.8 Å². The predicted molar refractivity (Wildman–Crippen MR) is 82.1 cm³/mol. The lowest BCUT2D eigenvalue weighted by Gasteiger charge is -2.23. The Morgan fingerprint density at radius 1 is 1.43 bits per heavy atom. The van der Waals surface area contributed by atoms with Gasteiger partial charge in [0, 0.05) is 17.6 Å². The summed E-state index contributed by atoms with van der Waals surface area (Å²) in [5.74, 6) is 0.109. The van der Waals surface area contributed by atoms with Gasteiger partial charge < -0.3 is 19.9 Å². The van der Waals surface area contributed by atoms with Crippen molar-refractivity contribution in [1.29, 1.82) is 0 Å². The van der Waals surface area contributed by atoms with E-state index in [0.717, 1.165) is 5.56 Å². The Balaban J connectivity index is 0.00000220. The first-order valence-corrected chi connectivity index (χ1v) is 6.72. The molecule has 1 aromatic rings. The highest BCUT2D eigenvalue weighted by molar-refractivity contribution is 5.96. The van der Waals surface area contributed by atoms with E-state index in [1.54, 1.807) is 6.07 Å². The molecule has 6 heteroatoms. The summed E-state index contributed by atoms with van der Waals surface area (Å²) in [4.78, 5) is 11.6. The van der Waals surface area contributed by atoms with Crippen LogP contribution in [0, 0.1) is 0 Å². The summed E-state index contributed by atoms with van der Waals surface area (Å²) in [7, 11) is 0. The number of rotatable bonds is 5. The van der Waals surface area contributed by atoms with E-state index >= 15 is 0 Å². The number of halogens is 1. The Bertz CT molecular complexity index is 499. The van der Waals surface area contributed by atoms with Crippen LogP contribution in [0.4, 0.5) is 0 Å². The maximum Gasteiger partial charge on any atom is 0.342 e. The number of carbonyl (C=O) groups is 1. The Kier molecular flexibility index (Phi) is 6.01. The maximum absolute atomic E-state index is 11.6. The number of benzene rings is 1. The second-order valence-corrected chi connectivity index (χ2v) is 5.96. The molecule has 5 nitrogen and oxygen atoms in total. The molecule has 118 valence electrons. The molecule has 1 aliphatic rings. The standard InChI is InChI=1S/C15H21NO4.ClH/c1-15(2,3)16-7-11(17)9-19-12-6-4-5-10-8-20-14(18)13(10)12;/h4-6,11,16-17H,7-9H2,1-3H3;1H. The number of ether oxygens (including phenoxy) is 2. The van der Waals surface area contributed by atoms with Gasteiger partial charge in [0.15, 0.2) is 0 Å². The lowest BCUT2D eigenvalue weighted by atomic mass is 10.1. The number of hydrogen-bond acceptors (Lipinski definition) is 5. The number of nitrogens with one attached hydrogen (secondary N) is 1. The van der Waals surface area contributed by atoms with Gasteiger partial charge in [0.05, 0.1) is 0 Å². The highest BCUT2D eigenvalue weighted by Gasteiger charge is 2.25. The van der Waals surface area contributed by atoms with Crippen molar-refractivity contribution in [3.05, 3.63) is 29.3 Å². The SMILES string of the molecule is CC(C)(C)NCC(O)COc1cccc2c1C(=O)OC2.Cl. The molecule has 21 heavy (non-hydrogen) atoms. The van der Waals surface area contributed by atoms with Gasteiger partial charge in [-0.3, -0.25) is 0 Å². The number of hydrogen-bond donors (Lipinski definition) is 2. The number of aliphatic hydroxyl groups is 1. The number of β-amino-alcohol motifs (C(OH)–C–C–N with tert-alkyl or cyclic N) is 1. The molecule has 1 aliphatic heterocycles. The zero-order chi connectivity index (χ0) is 14.8. The monoisotopic (exact) mass is 315 g/mol. The van der Waals surface area contributed by atoms with E-state index in [1.807, 2.05) is 32.9 Å². The van der Waals surface area contributed by atoms with Gasteiger partial charge >= 0.3 is 5.97 Å². The molecule has 0 saturated heterocycles. The third kappa shape index (κ3) is 4.88. The van der Waals surface area contributed by atoms with Crippen LogP contribution < -0.4 is 10.1 Å². The minimum Gasteiger partial charge on any atom is -0.490 e. The van der Waals surface area contributed by atoms with Crippen molar-refractivity contribution in [3.8, 4) is 5.75 Å². The smallest absolute Gasteiger partial charge is 0.342 e. The van der Waals surface area contributed by atoms with Crippen LogP contribution in [0.2, 0.25) is 0 Å². The van der Waals surface area contributed by atoms with Crippen LogP contribution in [0.15, 0.2) is 18.2 Å². The largest absolute Gasteiger partial charge is 0.490 e. The first-order chi connectivity index (χ1) is 9.37. The molecule has 0 bridgehead atoms. The molecule has 0 aromatic heterocycles. The average Bonchev–Trinajstić information content (AvgIpc) is 2.76. The number of fused-ring (bicyclic) bond motifs is 1. The summed E-state index contributed by atoms with van der Waals surface area (Å²) in [6.07, 6.45) is -0.637. The molecule has 1 unspecified atom stereocenters. The van der Waals surface area contributed by atoms with E-state index in [-0.39, 0.29) is 30.5 Å². The van der Waals surface area contributed by atoms with Crippen molar-refractivity contribution >= 4 is 18.4 Å². The zero-order valence-electron chi connectivity index (χ0n) is 12.5. The van der Waals surface area contributed by atoms with E-state index < -0.39 is 6.10 Å². The zero-order valence-corrected chi connectivity index (χ0v) is 13.3. The van der Waals surface area contributed by atoms with Crippen molar-refractivity contribution in [2.24, 2.45) is 0 Å². The van der Waals surface area contributed by atoms with E-state index in [4.69, 9.17) is 9.47 Å². The molecule has 2 rings (SSSR count). The fourth-order valence-corrected chi connectivity index (χ4v) is 1.93. The summed E-state index contributed by atoms with van der Waals surface area (Å²) in [6, 6.07) is 5.37. The summed E-state index contributed by atoms with van der Waals surface area (Å²) in [5.41, 5.74) is 1.25. The molecular weight excluding hydrogens is 294 g/mol. The van der Waals surface area contributed by atoms with Crippen molar-refractivity contribution < 1.29 is 19.4 Å². The summed E-state index contributed by atoms with van der Waals surface area (Å²) in [6.45, 7) is 6.94.